The Labute approximate surface area is 146 Å². The Morgan fingerprint density at radius 3 is 2.60 bits per heavy atom. The molecule has 0 saturated heterocycles. The van der Waals surface area contributed by atoms with Gasteiger partial charge in [0, 0.05) is 42.4 Å². The van der Waals surface area contributed by atoms with Gasteiger partial charge in [0.25, 0.3) is 5.91 Å². The minimum Gasteiger partial charge on any atom is -0.489 e. The molecule has 25 heavy (non-hydrogen) atoms. The second kappa shape index (κ2) is 6.36. The number of nitrogens with one attached hydrogen (secondary N) is 1. The SMILES string of the molecule is CN1CCOc2cc(NC(=O)c3ccc(-n4cccc4)cc3)ccc21. The van der Waals surface area contributed by atoms with E-state index in [0.29, 0.717) is 12.2 Å². The molecular formula is C20H19N3O2. The second-order valence-electron chi connectivity index (χ2n) is 6.04. The highest BCUT2D eigenvalue weighted by molar-refractivity contribution is 6.04. The highest BCUT2D eigenvalue weighted by atomic mass is 16.5. The van der Waals surface area contributed by atoms with E-state index in [1.807, 2.05) is 78.6 Å². The Bertz CT molecular complexity index is 886. The molecule has 5 heteroatoms. The number of benzene rings is 2. The molecular weight excluding hydrogens is 314 g/mol. The zero-order chi connectivity index (χ0) is 17.2. The normalized spacial score (nSPS) is 13.1. The molecule has 2 heterocycles. The van der Waals surface area contributed by atoms with E-state index < -0.39 is 0 Å². The standard InChI is InChI=1S/C20H19N3O2/c1-22-12-13-25-19-14-16(6-9-18(19)22)21-20(24)15-4-7-17(8-5-15)23-10-2-3-11-23/h2-11,14H,12-13H2,1H3,(H,21,24). The predicted molar refractivity (Wildman–Crippen MR) is 98.9 cm³/mol. The van der Waals surface area contributed by atoms with Gasteiger partial charge in [0.15, 0.2) is 0 Å². The van der Waals surface area contributed by atoms with E-state index in [9.17, 15) is 4.79 Å². The molecule has 0 unspecified atom stereocenters. The third kappa shape index (κ3) is 3.08. The van der Waals surface area contributed by atoms with Crippen LogP contribution in [0.25, 0.3) is 5.69 Å². The average Bonchev–Trinajstić information content (AvgIpc) is 3.17. The summed E-state index contributed by atoms with van der Waals surface area (Å²) in [6, 6.07) is 17.2. The van der Waals surface area contributed by atoms with Crippen molar-refractivity contribution in [2.24, 2.45) is 0 Å². The first-order chi connectivity index (χ1) is 12.2. The molecule has 0 bridgehead atoms. The van der Waals surface area contributed by atoms with E-state index in [2.05, 4.69) is 10.2 Å². The van der Waals surface area contributed by atoms with Gasteiger partial charge < -0.3 is 19.5 Å². The van der Waals surface area contributed by atoms with Crippen molar-refractivity contribution in [3.63, 3.8) is 0 Å². The van der Waals surface area contributed by atoms with Gasteiger partial charge in [-0.2, -0.15) is 0 Å². The number of likely N-dealkylation sites (N-methyl/N-ethyl adjacent to an activating group) is 1. The Balaban J connectivity index is 1.50. The van der Waals surface area contributed by atoms with Crippen LogP contribution < -0.4 is 15.0 Å². The fraction of sp³-hybridized carbons (Fsp3) is 0.150. The van der Waals surface area contributed by atoms with Crippen molar-refractivity contribution in [1.29, 1.82) is 0 Å². The van der Waals surface area contributed by atoms with E-state index in [-0.39, 0.29) is 5.91 Å². The minimum absolute atomic E-state index is 0.136. The molecule has 0 aliphatic carbocycles. The van der Waals surface area contributed by atoms with Gasteiger partial charge in [-0.3, -0.25) is 4.79 Å². The van der Waals surface area contributed by atoms with E-state index in [4.69, 9.17) is 4.74 Å². The number of fused-ring (bicyclic) bond motifs is 1. The maximum atomic E-state index is 12.5. The topological polar surface area (TPSA) is 46.5 Å². The molecule has 2 aromatic carbocycles. The van der Waals surface area contributed by atoms with Gasteiger partial charge >= 0.3 is 0 Å². The number of ether oxygens (including phenoxy) is 1. The van der Waals surface area contributed by atoms with Crippen LogP contribution in [0.3, 0.4) is 0 Å². The lowest BCUT2D eigenvalue weighted by molar-refractivity contribution is 0.102. The van der Waals surface area contributed by atoms with Crippen molar-refractivity contribution in [1.82, 2.24) is 4.57 Å². The summed E-state index contributed by atoms with van der Waals surface area (Å²) in [6.45, 7) is 1.52. The van der Waals surface area contributed by atoms with E-state index in [0.717, 1.165) is 29.4 Å². The highest BCUT2D eigenvalue weighted by Gasteiger charge is 2.16. The monoisotopic (exact) mass is 333 g/mol. The molecule has 0 atom stereocenters. The second-order valence-corrected chi connectivity index (χ2v) is 6.04. The van der Waals surface area contributed by atoms with Crippen LogP contribution in [0.4, 0.5) is 11.4 Å². The van der Waals surface area contributed by atoms with Gasteiger partial charge in [0.1, 0.15) is 12.4 Å². The maximum Gasteiger partial charge on any atom is 0.255 e. The maximum absolute atomic E-state index is 12.5. The van der Waals surface area contributed by atoms with E-state index in [1.54, 1.807) is 0 Å². The van der Waals surface area contributed by atoms with Gasteiger partial charge in [0.05, 0.1) is 12.2 Å². The molecule has 0 saturated carbocycles. The quantitative estimate of drug-likeness (QED) is 0.797. The first-order valence-electron chi connectivity index (χ1n) is 8.23. The smallest absolute Gasteiger partial charge is 0.255 e. The van der Waals surface area contributed by atoms with Crippen molar-refractivity contribution in [3.05, 3.63) is 72.6 Å². The molecule has 0 radical (unpaired) electrons. The van der Waals surface area contributed by atoms with Crippen LogP contribution in [0.1, 0.15) is 10.4 Å². The molecule has 126 valence electrons. The number of amides is 1. The van der Waals surface area contributed by atoms with Crippen LogP contribution in [-0.2, 0) is 0 Å². The Morgan fingerprint density at radius 2 is 1.84 bits per heavy atom. The first-order valence-corrected chi connectivity index (χ1v) is 8.23. The summed E-state index contributed by atoms with van der Waals surface area (Å²) in [5, 5.41) is 2.93. The summed E-state index contributed by atoms with van der Waals surface area (Å²) in [5.41, 5.74) is 3.41. The van der Waals surface area contributed by atoms with Crippen molar-refractivity contribution < 1.29 is 9.53 Å². The Hall–Kier alpha value is -3.21. The summed E-state index contributed by atoms with van der Waals surface area (Å²) in [6.07, 6.45) is 3.94. The molecule has 0 spiro atoms. The highest BCUT2D eigenvalue weighted by Crippen LogP contribution is 2.33. The summed E-state index contributed by atoms with van der Waals surface area (Å²) in [4.78, 5) is 14.6. The van der Waals surface area contributed by atoms with Crippen LogP contribution in [0.5, 0.6) is 5.75 Å². The predicted octanol–water partition coefficient (Wildman–Crippen LogP) is 3.56. The number of carbonyl (C=O) groups excluding carboxylic acids is 1. The fourth-order valence-electron chi connectivity index (χ4n) is 2.93. The number of anilines is 2. The summed E-state index contributed by atoms with van der Waals surface area (Å²) < 4.78 is 7.68. The van der Waals surface area contributed by atoms with Crippen molar-refractivity contribution >= 4 is 17.3 Å². The molecule has 3 aromatic rings. The van der Waals surface area contributed by atoms with Crippen LogP contribution in [0, 0.1) is 0 Å². The molecule has 0 fully saturated rings. The van der Waals surface area contributed by atoms with Crippen LogP contribution in [0.15, 0.2) is 67.0 Å². The number of carbonyl (C=O) groups is 1. The first kappa shape index (κ1) is 15.3. The largest absolute Gasteiger partial charge is 0.489 e. The van der Waals surface area contributed by atoms with E-state index in [1.165, 1.54) is 0 Å². The lowest BCUT2D eigenvalue weighted by Gasteiger charge is -2.27. The Kier molecular flexibility index (Phi) is 3.90. The van der Waals surface area contributed by atoms with Gasteiger partial charge in [-0.15, -0.1) is 0 Å². The fourth-order valence-corrected chi connectivity index (χ4v) is 2.93. The third-order valence-corrected chi connectivity index (χ3v) is 4.35. The average molecular weight is 333 g/mol. The number of nitrogens with zero attached hydrogens (tertiary/aromatic N) is 2. The van der Waals surface area contributed by atoms with Crippen molar-refractivity contribution in [3.8, 4) is 11.4 Å². The zero-order valence-corrected chi connectivity index (χ0v) is 14.0. The molecule has 1 aliphatic rings. The molecule has 5 nitrogen and oxygen atoms in total. The number of hydrogen-bond donors (Lipinski definition) is 1. The van der Waals surface area contributed by atoms with Gasteiger partial charge in [-0.05, 0) is 48.5 Å². The van der Waals surface area contributed by atoms with E-state index >= 15 is 0 Å². The lowest BCUT2D eigenvalue weighted by Crippen LogP contribution is -2.28. The summed E-state index contributed by atoms with van der Waals surface area (Å²) in [5.74, 6) is 0.665. The summed E-state index contributed by atoms with van der Waals surface area (Å²) >= 11 is 0. The molecule has 1 amide bonds. The van der Waals surface area contributed by atoms with Crippen molar-refractivity contribution in [2.45, 2.75) is 0 Å². The summed E-state index contributed by atoms with van der Waals surface area (Å²) in [7, 11) is 2.03. The number of aromatic nitrogens is 1. The molecule has 1 N–H and O–H groups in total. The number of rotatable bonds is 3. The third-order valence-electron chi connectivity index (χ3n) is 4.35. The van der Waals surface area contributed by atoms with Gasteiger partial charge in [-0.1, -0.05) is 0 Å². The Morgan fingerprint density at radius 1 is 1.08 bits per heavy atom. The van der Waals surface area contributed by atoms with Crippen molar-refractivity contribution in [2.75, 3.05) is 30.4 Å². The molecule has 1 aromatic heterocycles. The van der Waals surface area contributed by atoms with Crippen LogP contribution in [0.2, 0.25) is 0 Å². The van der Waals surface area contributed by atoms with Crippen LogP contribution in [-0.4, -0.2) is 30.7 Å². The minimum atomic E-state index is -0.136. The van der Waals surface area contributed by atoms with Crippen LogP contribution >= 0.6 is 0 Å². The number of hydrogen-bond acceptors (Lipinski definition) is 3. The zero-order valence-electron chi connectivity index (χ0n) is 14.0. The molecule has 4 rings (SSSR count). The lowest BCUT2D eigenvalue weighted by atomic mass is 10.1. The van der Waals surface area contributed by atoms with Gasteiger partial charge in [0.2, 0.25) is 0 Å². The molecule has 1 aliphatic heterocycles. The van der Waals surface area contributed by atoms with Gasteiger partial charge in [-0.25, -0.2) is 0 Å².